The number of nitrogens with one attached hydrogen (secondary N) is 2. The summed E-state index contributed by atoms with van der Waals surface area (Å²) in [4.78, 5) is 11.3. The van der Waals surface area contributed by atoms with Crippen LogP contribution in [0.2, 0.25) is 0 Å². The van der Waals surface area contributed by atoms with Gasteiger partial charge in [0.25, 0.3) is 0 Å². The average molecular weight is 450 g/mol. The SMILES string of the molecule is CC(=O)Nc1ccc([C@H]2C(C#N)=C(N)Oc3n[nH]c(-c4ccc(Br)cc4)c32)cc1. The zero-order chi connectivity index (χ0) is 20.5. The first-order valence-corrected chi connectivity index (χ1v) is 9.56. The van der Waals surface area contributed by atoms with E-state index in [1.807, 2.05) is 36.4 Å². The minimum Gasteiger partial charge on any atom is -0.420 e. The molecule has 0 fully saturated rings. The summed E-state index contributed by atoms with van der Waals surface area (Å²) in [5.41, 5.74) is 10.2. The molecule has 2 heterocycles. The summed E-state index contributed by atoms with van der Waals surface area (Å²) in [5, 5.41) is 19.8. The molecule has 4 rings (SSSR count). The molecule has 0 saturated heterocycles. The minimum absolute atomic E-state index is 0.0322. The smallest absolute Gasteiger partial charge is 0.244 e. The first kappa shape index (κ1) is 18.8. The van der Waals surface area contributed by atoms with Gasteiger partial charge in [-0.1, -0.05) is 40.2 Å². The number of aromatic amines is 1. The van der Waals surface area contributed by atoms with Crippen molar-refractivity contribution in [2.45, 2.75) is 12.8 Å². The quantitative estimate of drug-likeness (QED) is 0.558. The largest absolute Gasteiger partial charge is 0.420 e. The summed E-state index contributed by atoms with van der Waals surface area (Å²) in [6.45, 7) is 1.45. The molecule has 1 aromatic heterocycles. The van der Waals surface area contributed by atoms with E-state index in [0.717, 1.165) is 26.9 Å². The van der Waals surface area contributed by atoms with Gasteiger partial charge < -0.3 is 15.8 Å². The van der Waals surface area contributed by atoms with Crippen LogP contribution in [0.25, 0.3) is 11.3 Å². The molecule has 3 aromatic rings. The number of rotatable bonds is 3. The van der Waals surface area contributed by atoms with Crippen LogP contribution in [-0.2, 0) is 4.79 Å². The van der Waals surface area contributed by atoms with Gasteiger partial charge in [-0.2, -0.15) is 5.26 Å². The second-order valence-electron chi connectivity index (χ2n) is 6.55. The van der Waals surface area contributed by atoms with Crippen molar-refractivity contribution in [1.82, 2.24) is 10.2 Å². The molecule has 7 nitrogen and oxygen atoms in total. The molecule has 0 saturated carbocycles. The van der Waals surface area contributed by atoms with E-state index < -0.39 is 5.92 Å². The highest BCUT2D eigenvalue weighted by Gasteiger charge is 2.35. The molecule has 0 aliphatic carbocycles. The molecular formula is C21H16BrN5O2. The number of anilines is 1. The molecule has 1 aliphatic rings. The van der Waals surface area contributed by atoms with E-state index in [-0.39, 0.29) is 11.8 Å². The van der Waals surface area contributed by atoms with Crippen molar-refractivity contribution in [3.05, 3.63) is 75.6 Å². The topological polar surface area (TPSA) is 117 Å². The summed E-state index contributed by atoms with van der Waals surface area (Å²) in [5.74, 6) is -0.229. The number of aromatic nitrogens is 2. The number of allylic oxidation sites excluding steroid dienone is 1. The Morgan fingerprint density at radius 2 is 1.93 bits per heavy atom. The molecule has 0 spiro atoms. The highest BCUT2D eigenvalue weighted by atomic mass is 79.9. The van der Waals surface area contributed by atoms with Crippen LogP contribution in [0, 0.1) is 11.3 Å². The summed E-state index contributed by atoms with van der Waals surface area (Å²) >= 11 is 3.44. The Hall–Kier alpha value is -3.57. The number of nitrogens with zero attached hydrogens (tertiary/aromatic N) is 2. The number of fused-ring (bicyclic) bond motifs is 1. The second-order valence-corrected chi connectivity index (χ2v) is 7.47. The number of halogens is 1. The Morgan fingerprint density at radius 3 is 2.55 bits per heavy atom. The zero-order valence-corrected chi connectivity index (χ0v) is 16.9. The van der Waals surface area contributed by atoms with Crippen molar-refractivity contribution in [2.75, 3.05) is 5.32 Å². The van der Waals surface area contributed by atoms with Gasteiger partial charge in [0.2, 0.25) is 17.7 Å². The molecule has 1 atom stereocenters. The number of carbonyl (C=O) groups excluding carboxylic acids is 1. The molecule has 0 bridgehead atoms. The Labute approximate surface area is 175 Å². The molecule has 0 radical (unpaired) electrons. The lowest BCUT2D eigenvalue weighted by molar-refractivity contribution is -0.114. The van der Waals surface area contributed by atoms with Crippen LogP contribution < -0.4 is 15.8 Å². The highest BCUT2D eigenvalue weighted by molar-refractivity contribution is 9.10. The third-order valence-corrected chi connectivity index (χ3v) is 5.16. The fourth-order valence-corrected chi connectivity index (χ4v) is 3.64. The zero-order valence-electron chi connectivity index (χ0n) is 15.4. The summed E-state index contributed by atoms with van der Waals surface area (Å²) in [6.07, 6.45) is 0. The van der Waals surface area contributed by atoms with Crippen LogP contribution in [0.5, 0.6) is 5.88 Å². The first-order chi connectivity index (χ1) is 14.0. The fraction of sp³-hybridized carbons (Fsp3) is 0.0952. The number of carbonyl (C=O) groups is 1. The molecule has 8 heteroatoms. The van der Waals surface area contributed by atoms with E-state index in [9.17, 15) is 10.1 Å². The van der Waals surface area contributed by atoms with Crippen molar-refractivity contribution in [1.29, 1.82) is 5.26 Å². The van der Waals surface area contributed by atoms with Gasteiger partial charge in [0.1, 0.15) is 11.6 Å². The lowest BCUT2D eigenvalue weighted by atomic mass is 9.83. The summed E-state index contributed by atoms with van der Waals surface area (Å²) in [7, 11) is 0. The van der Waals surface area contributed by atoms with E-state index in [1.165, 1.54) is 6.92 Å². The fourth-order valence-electron chi connectivity index (χ4n) is 3.38. The first-order valence-electron chi connectivity index (χ1n) is 8.77. The minimum atomic E-state index is -0.451. The summed E-state index contributed by atoms with van der Waals surface area (Å²) < 4.78 is 6.57. The Bertz CT molecular complexity index is 1160. The number of nitriles is 1. The summed E-state index contributed by atoms with van der Waals surface area (Å²) in [6, 6.07) is 17.2. The van der Waals surface area contributed by atoms with Gasteiger partial charge in [0.05, 0.1) is 17.2 Å². The molecule has 1 aliphatic heterocycles. The van der Waals surface area contributed by atoms with E-state index in [2.05, 4.69) is 37.5 Å². The maximum atomic E-state index is 11.3. The number of hydrogen-bond donors (Lipinski definition) is 3. The van der Waals surface area contributed by atoms with Gasteiger partial charge in [-0.15, -0.1) is 5.10 Å². The molecular weight excluding hydrogens is 434 g/mol. The highest BCUT2D eigenvalue weighted by Crippen LogP contribution is 2.45. The lowest BCUT2D eigenvalue weighted by Gasteiger charge is -2.24. The monoisotopic (exact) mass is 449 g/mol. The van der Waals surface area contributed by atoms with E-state index in [0.29, 0.717) is 17.1 Å². The van der Waals surface area contributed by atoms with Crippen LogP contribution in [0.1, 0.15) is 24.0 Å². The number of H-pyrrole nitrogens is 1. The van der Waals surface area contributed by atoms with Gasteiger partial charge in [-0.25, -0.2) is 0 Å². The molecule has 144 valence electrons. The normalized spacial score (nSPS) is 15.3. The molecule has 2 aromatic carbocycles. The van der Waals surface area contributed by atoms with Crippen LogP contribution >= 0.6 is 15.9 Å². The number of hydrogen-bond acceptors (Lipinski definition) is 5. The van der Waals surface area contributed by atoms with Gasteiger partial charge in [0.15, 0.2) is 0 Å². The number of nitrogens with two attached hydrogens (primary N) is 1. The van der Waals surface area contributed by atoms with E-state index >= 15 is 0 Å². The van der Waals surface area contributed by atoms with Crippen molar-refractivity contribution in [3.8, 4) is 23.2 Å². The van der Waals surface area contributed by atoms with Gasteiger partial charge >= 0.3 is 0 Å². The van der Waals surface area contributed by atoms with Crippen LogP contribution in [0.4, 0.5) is 5.69 Å². The standard InChI is InChI=1S/C21H16BrN5O2/c1-11(28)25-15-8-4-12(5-9-15)17-16(10-23)20(24)29-21-18(17)19(26-27-21)13-2-6-14(22)7-3-13/h2-9,17H,24H2,1H3,(H,25,28)(H,26,27)/t17-/m0/s1. The lowest BCUT2D eigenvalue weighted by Crippen LogP contribution is -2.21. The predicted octanol–water partition coefficient (Wildman–Crippen LogP) is 4.02. The van der Waals surface area contributed by atoms with E-state index in [4.69, 9.17) is 10.5 Å². The second kappa shape index (κ2) is 7.45. The van der Waals surface area contributed by atoms with Crippen molar-refractivity contribution in [2.24, 2.45) is 5.73 Å². The van der Waals surface area contributed by atoms with Gasteiger partial charge in [-0.05, 0) is 29.8 Å². The molecule has 4 N–H and O–H groups in total. The average Bonchev–Trinajstić information content (AvgIpc) is 3.11. The maximum Gasteiger partial charge on any atom is 0.244 e. The predicted molar refractivity (Wildman–Crippen MR) is 112 cm³/mol. The molecule has 29 heavy (non-hydrogen) atoms. The number of ether oxygens (including phenoxy) is 1. The molecule has 0 unspecified atom stereocenters. The van der Waals surface area contributed by atoms with Crippen LogP contribution in [0.3, 0.4) is 0 Å². The number of benzene rings is 2. The van der Waals surface area contributed by atoms with Crippen LogP contribution in [-0.4, -0.2) is 16.1 Å². The van der Waals surface area contributed by atoms with Gasteiger partial charge in [0, 0.05) is 22.6 Å². The third kappa shape index (κ3) is 3.48. The van der Waals surface area contributed by atoms with Gasteiger partial charge in [-0.3, -0.25) is 9.89 Å². The third-order valence-electron chi connectivity index (χ3n) is 4.64. The molecule has 1 amide bonds. The Morgan fingerprint density at radius 1 is 1.24 bits per heavy atom. The van der Waals surface area contributed by atoms with Crippen molar-refractivity contribution < 1.29 is 9.53 Å². The van der Waals surface area contributed by atoms with Crippen LogP contribution in [0.15, 0.2) is 64.5 Å². The Kier molecular flexibility index (Phi) is 4.82. The maximum absolute atomic E-state index is 11.3. The Balaban J connectivity index is 1.85. The number of amides is 1. The van der Waals surface area contributed by atoms with Crippen molar-refractivity contribution in [3.63, 3.8) is 0 Å². The van der Waals surface area contributed by atoms with E-state index in [1.54, 1.807) is 12.1 Å². The van der Waals surface area contributed by atoms with Crippen molar-refractivity contribution >= 4 is 27.5 Å².